The average Bonchev–Trinajstić information content (AvgIpc) is 3.04. The molecule has 244 valence electrons. The predicted octanol–water partition coefficient (Wildman–Crippen LogP) is 2.10. The quantitative estimate of drug-likeness (QED) is 0.277. The first-order valence-electron chi connectivity index (χ1n) is 15.3. The second kappa shape index (κ2) is 16.1. The number of carbonyl (C=O) groups is 4. The van der Waals surface area contributed by atoms with Crippen molar-refractivity contribution in [2.24, 2.45) is 5.92 Å². The molecule has 9 nitrogen and oxygen atoms in total. The minimum absolute atomic E-state index is 0.0209. The smallest absolute Gasteiger partial charge is 0.328 e. The Labute approximate surface area is 279 Å². The van der Waals surface area contributed by atoms with E-state index in [2.05, 4.69) is 35.7 Å². The number of hydrogen-bond donors (Lipinski definition) is 3. The highest BCUT2D eigenvalue weighted by Crippen LogP contribution is 2.35. The van der Waals surface area contributed by atoms with Gasteiger partial charge in [-0.05, 0) is 34.9 Å². The molecule has 0 saturated carbocycles. The van der Waals surface area contributed by atoms with Crippen molar-refractivity contribution in [1.29, 1.82) is 0 Å². The lowest BCUT2D eigenvalue weighted by molar-refractivity contribution is -0.907. The molecule has 0 radical (unpaired) electrons. The van der Waals surface area contributed by atoms with Crippen molar-refractivity contribution in [3.8, 4) is 0 Å². The maximum atomic E-state index is 13.1. The van der Waals surface area contributed by atoms with Gasteiger partial charge in [-0.2, -0.15) is 0 Å². The topological polar surface area (TPSA) is 131 Å². The summed E-state index contributed by atoms with van der Waals surface area (Å²) < 4.78 is 0. The van der Waals surface area contributed by atoms with E-state index in [4.69, 9.17) is 28.3 Å². The Morgan fingerprint density at radius 1 is 1.07 bits per heavy atom. The van der Waals surface area contributed by atoms with Gasteiger partial charge in [-0.1, -0.05) is 60.7 Å². The van der Waals surface area contributed by atoms with E-state index in [0.717, 1.165) is 50.0 Å². The van der Waals surface area contributed by atoms with Crippen LogP contribution in [-0.4, -0.2) is 77.7 Å². The van der Waals surface area contributed by atoms with Gasteiger partial charge in [0.25, 0.3) is 5.91 Å². The Morgan fingerprint density at radius 3 is 2.37 bits per heavy atom. The molecule has 2 aliphatic heterocycles. The summed E-state index contributed by atoms with van der Waals surface area (Å²) in [5.74, 6) is -2.50. The number of aliphatic carboxylic acids is 2. The zero-order chi connectivity index (χ0) is 33.3. The van der Waals surface area contributed by atoms with E-state index in [0.29, 0.717) is 30.7 Å². The first-order valence-corrected chi connectivity index (χ1v) is 16.2. The Hall–Kier alpha value is -3.92. The number of benzene rings is 2. The van der Waals surface area contributed by atoms with Gasteiger partial charge in [0.15, 0.2) is 0 Å². The first kappa shape index (κ1) is 34.9. The third-order valence-corrected chi connectivity index (χ3v) is 9.69. The molecule has 3 N–H and O–H groups in total. The number of carbonyl (C=O) groups excluding carboxylic acids is 3. The molecule has 5 rings (SSSR count). The van der Waals surface area contributed by atoms with Gasteiger partial charge in [-0.25, -0.2) is 4.79 Å². The number of hydrogen-bond acceptors (Lipinski definition) is 5. The van der Waals surface area contributed by atoms with Crippen molar-refractivity contribution in [1.82, 2.24) is 10.2 Å². The Bertz CT molecular complexity index is 1480. The van der Waals surface area contributed by atoms with Crippen LogP contribution in [0.1, 0.15) is 40.7 Å². The van der Waals surface area contributed by atoms with Crippen molar-refractivity contribution in [2.45, 2.75) is 42.0 Å². The molecule has 0 aromatic heterocycles. The van der Waals surface area contributed by atoms with E-state index in [1.807, 2.05) is 54.4 Å². The van der Waals surface area contributed by atoms with Gasteiger partial charge < -0.3 is 30.1 Å². The number of quaternary nitrogens is 1. The molecular formula is C35H39Cl2N3O6. The highest BCUT2D eigenvalue weighted by molar-refractivity contribution is 6.31. The summed E-state index contributed by atoms with van der Waals surface area (Å²) in [4.78, 5) is 47.9. The number of carboxylic acid groups (broad SMARTS) is 2. The van der Waals surface area contributed by atoms with Crippen LogP contribution in [0.15, 0.2) is 90.6 Å². The number of likely N-dealkylation sites (tertiary alicyclic amines) is 1. The summed E-state index contributed by atoms with van der Waals surface area (Å²) in [6.07, 6.45) is 10.3. The molecule has 2 amide bonds. The summed E-state index contributed by atoms with van der Waals surface area (Å²) in [5, 5.41) is 20.1. The number of nitrogens with one attached hydrogen (secondary N) is 2. The van der Waals surface area contributed by atoms with Gasteiger partial charge in [0, 0.05) is 50.4 Å². The van der Waals surface area contributed by atoms with Gasteiger partial charge in [-0.15, -0.1) is 23.2 Å². The molecule has 1 fully saturated rings. The zero-order valence-electron chi connectivity index (χ0n) is 25.7. The second-order valence-corrected chi connectivity index (χ2v) is 12.9. The van der Waals surface area contributed by atoms with Crippen molar-refractivity contribution < 1.29 is 34.3 Å². The minimum Gasteiger partial charge on any atom is -0.545 e. The van der Waals surface area contributed by atoms with Gasteiger partial charge in [0.1, 0.15) is 0 Å². The normalized spacial score (nSPS) is 24.2. The lowest BCUT2D eigenvalue weighted by Crippen LogP contribution is -3.13. The number of carboxylic acids is 2. The molecule has 1 spiro atoms. The van der Waals surface area contributed by atoms with Crippen LogP contribution in [0.3, 0.4) is 0 Å². The van der Waals surface area contributed by atoms with Crippen LogP contribution in [0.25, 0.3) is 0 Å². The molecule has 46 heavy (non-hydrogen) atoms. The fourth-order valence-corrected chi connectivity index (χ4v) is 6.75. The number of halogens is 2. The number of nitrogens with zero attached hydrogens (tertiary/aromatic N) is 1. The van der Waals surface area contributed by atoms with Crippen molar-refractivity contribution >= 4 is 47.0 Å². The van der Waals surface area contributed by atoms with E-state index < -0.39 is 11.9 Å². The van der Waals surface area contributed by atoms with Crippen LogP contribution in [0.2, 0.25) is 0 Å². The molecule has 3 unspecified atom stereocenters. The van der Waals surface area contributed by atoms with Gasteiger partial charge in [0.05, 0.1) is 48.3 Å². The fourth-order valence-electron chi connectivity index (χ4n) is 6.38. The molecule has 1 saturated heterocycles. The molecule has 1 aliphatic carbocycles. The Balaban J connectivity index is 0.000000533. The number of alkyl halides is 2. The number of allylic oxidation sites excluding steroid dienone is 3. The van der Waals surface area contributed by atoms with Crippen LogP contribution in [0, 0.1) is 5.92 Å². The Kier molecular flexibility index (Phi) is 12.2. The third-order valence-electron chi connectivity index (χ3n) is 8.74. The largest absolute Gasteiger partial charge is 0.545 e. The molecule has 3 atom stereocenters. The van der Waals surface area contributed by atoms with Gasteiger partial charge >= 0.3 is 5.97 Å². The molecule has 2 heterocycles. The molecule has 11 heteroatoms. The highest BCUT2D eigenvalue weighted by Gasteiger charge is 2.43. The Morgan fingerprint density at radius 2 is 1.74 bits per heavy atom. The first-order chi connectivity index (χ1) is 22.0. The van der Waals surface area contributed by atoms with Crippen LogP contribution >= 0.6 is 23.2 Å². The van der Waals surface area contributed by atoms with E-state index in [-0.39, 0.29) is 34.0 Å². The standard InChI is InChI=1S/C31H35Cl2N3O2.C4H4O4/c1-35(30(38)22-7-3-2-4-8-22)21-25(23-11-12-27(32)28(33)19-23)13-16-36-17-14-31(15-18-36)26-10-6-5-9-24(26)20-29(37)34-31;5-3(6)1-2-4(7)8/h2-12,19,25,27-28H,13-18,20-21H2,1H3,(H,34,37);1-2H,(H,5,6)(H,7,8)/b;2-1-. The molecule has 0 bridgehead atoms. The molecule has 3 aliphatic rings. The molecule has 2 aromatic carbocycles. The monoisotopic (exact) mass is 667 g/mol. The van der Waals surface area contributed by atoms with Gasteiger partial charge in [-0.3, -0.25) is 9.59 Å². The average molecular weight is 669 g/mol. The SMILES string of the molecule is CN(CC(CC[NH+]1CCC2(CC1)NC(=O)Cc1ccccc12)C1=CC(Cl)C(Cl)C=C1)C(=O)c1ccccc1.O=C([O-])/C=C\C(=O)O. The van der Waals surface area contributed by atoms with E-state index in [9.17, 15) is 24.3 Å². The third kappa shape index (κ3) is 9.31. The summed E-state index contributed by atoms with van der Waals surface area (Å²) in [5.41, 5.74) is 4.05. The number of piperidine rings is 1. The number of amides is 2. The van der Waals surface area contributed by atoms with Gasteiger partial charge in [0.2, 0.25) is 5.91 Å². The van der Waals surface area contributed by atoms with Crippen LogP contribution in [0.5, 0.6) is 0 Å². The number of rotatable bonds is 9. The number of fused-ring (bicyclic) bond motifs is 2. The minimum atomic E-state index is -1.51. The zero-order valence-corrected chi connectivity index (χ0v) is 27.2. The molecular weight excluding hydrogens is 629 g/mol. The summed E-state index contributed by atoms with van der Waals surface area (Å²) >= 11 is 12.8. The second-order valence-electron chi connectivity index (χ2n) is 11.9. The summed E-state index contributed by atoms with van der Waals surface area (Å²) in [6.45, 7) is 3.60. The maximum absolute atomic E-state index is 13.1. The highest BCUT2D eigenvalue weighted by atomic mass is 35.5. The van der Waals surface area contributed by atoms with E-state index in [1.165, 1.54) is 10.5 Å². The summed E-state index contributed by atoms with van der Waals surface area (Å²) in [6, 6.07) is 17.8. The van der Waals surface area contributed by atoms with Crippen LogP contribution in [-0.2, 0) is 26.3 Å². The maximum Gasteiger partial charge on any atom is 0.328 e. The summed E-state index contributed by atoms with van der Waals surface area (Å²) in [7, 11) is 1.87. The lowest BCUT2D eigenvalue weighted by Gasteiger charge is -2.44. The van der Waals surface area contributed by atoms with E-state index in [1.54, 1.807) is 0 Å². The van der Waals surface area contributed by atoms with Crippen molar-refractivity contribution in [3.05, 3.63) is 107 Å². The van der Waals surface area contributed by atoms with Crippen LogP contribution < -0.4 is 15.3 Å². The van der Waals surface area contributed by atoms with Crippen LogP contribution in [0.4, 0.5) is 0 Å². The van der Waals surface area contributed by atoms with Crippen molar-refractivity contribution in [2.75, 3.05) is 33.2 Å². The predicted molar refractivity (Wildman–Crippen MR) is 175 cm³/mol. The van der Waals surface area contributed by atoms with E-state index >= 15 is 0 Å². The fraction of sp³-hybridized carbons (Fsp3) is 0.371. The molecule has 2 aromatic rings. The lowest BCUT2D eigenvalue weighted by atomic mass is 9.75. The van der Waals surface area contributed by atoms with Crippen molar-refractivity contribution in [3.63, 3.8) is 0 Å².